The van der Waals surface area contributed by atoms with Gasteiger partial charge in [-0.25, -0.2) is 4.98 Å². The molecule has 2 rings (SSSR count). The number of hydrogen-bond donors (Lipinski definition) is 2. The quantitative estimate of drug-likeness (QED) is 0.887. The molecule has 0 aliphatic carbocycles. The highest BCUT2D eigenvalue weighted by atomic mass is 35.5. The van der Waals surface area contributed by atoms with Crippen LogP contribution in [0.4, 0.5) is 11.4 Å². The number of pyridine rings is 2. The van der Waals surface area contributed by atoms with E-state index in [2.05, 4.69) is 15.3 Å². The highest BCUT2D eigenvalue weighted by Gasteiger charge is 2.05. The number of rotatable bonds is 4. The Bertz CT molecular complexity index is 527. The molecule has 5 nitrogen and oxygen atoms in total. The summed E-state index contributed by atoms with van der Waals surface area (Å²) in [5, 5.41) is 3.66. The molecule has 18 heavy (non-hydrogen) atoms. The lowest BCUT2D eigenvalue weighted by Gasteiger charge is -2.10. The molecule has 0 amide bonds. The third kappa shape index (κ3) is 2.81. The van der Waals surface area contributed by atoms with Crippen molar-refractivity contribution in [3.05, 3.63) is 41.3 Å². The third-order valence-electron chi connectivity index (χ3n) is 2.41. The van der Waals surface area contributed by atoms with Gasteiger partial charge in [0.2, 0.25) is 5.88 Å². The van der Waals surface area contributed by atoms with Gasteiger partial charge in [0, 0.05) is 25.0 Å². The second kappa shape index (κ2) is 5.55. The van der Waals surface area contributed by atoms with Crippen molar-refractivity contribution in [3.63, 3.8) is 0 Å². The Balaban J connectivity index is 2.11. The molecule has 2 aromatic heterocycles. The predicted molar refractivity (Wildman–Crippen MR) is 71.8 cm³/mol. The smallest absolute Gasteiger partial charge is 0.213 e. The first-order chi connectivity index (χ1) is 8.70. The van der Waals surface area contributed by atoms with Crippen LogP contribution in [0.15, 0.2) is 30.7 Å². The van der Waals surface area contributed by atoms with Gasteiger partial charge in [0.05, 0.1) is 29.7 Å². The zero-order chi connectivity index (χ0) is 13.0. The molecule has 6 heteroatoms. The topological polar surface area (TPSA) is 73.1 Å². The number of nitrogens with one attached hydrogen (secondary N) is 1. The molecule has 0 radical (unpaired) electrons. The van der Waals surface area contributed by atoms with Crippen molar-refractivity contribution in [2.75, 3.05) is 18.2 Å². The van der Waals surface area contributed by atoms with Crippen molar-refractivity contribution < 1.29 is 4.74 Å². The number of methoxy groups -OCH3 is 1. The molecule has 0 aromatic carbocycles. The Morgan fingerprint density at radius 1 is 1.44 bits per heavy atom. The number of ether oxygens (including phenoxy) is 1. The second-order valence-electron chi connectivity index (χ2n) is 3.65. The van der Waals surface area contributed by atoms with Gasteiger partial charge < -0.3 is 15.8 Å². The molecule has 0 unspecified atom stereocenters. The van der Waals surface area contributed by atoms with Crippen LogP contribution in [0.3, 0.4) is 0 Å². The summed E-state index contributed by atoms with van der Waals surface area (Å²) < 4.78 is 5.05. The lowest BCUT2D eigenvalue weighted by Crippen LogP contribution is -2.04. The van der Waals surface area contributed by atoms with E-state index in [9.17, 15) is 0 Å². The molecule has 3 N–H and O–H groups in total. The molecule has 0 aliphatic heterocycles. The maximum atomic E-state index is 6.01. The Labute approximate surface area is 110 Å². The molecule has 0 atom stereocenters. The number of halogens is 1. The fraction of sp³-hybridized carbons (Fsp3) is 0.167. The van der Waals surface area contributed by atoms with Gasteiger partial charge in [-0.15, -0.1) is 0 Å². The molecular weight excluding hydrogens is 252 g/mol. The van der Waals surface area contributed by atoms with Gasteiger partial charge in [-0.2, -0.15) is 0 Å². The average Bonchev–Trinajstić information content (AvgIpc) is 2.38. The van der Waals surface area contributed by atoms with Crippen LogP contribution in [0, 0.1) is 0 Å². The first-order valence-electron chi connectivity index (χ1n) is 5.32. The first-order valence-corrected chi connectivity index (χ1v) is 5.70. The van der Waals surface area contributed by atoms with Gasteiger partial charge in [-0.3, -0.25) is 4.98 Å². The van der Waals surface area contributed by atoms with Crippen molar-refractivity contribution in [2.24, 2.45) is 0 Å². The van der Waals surface area contributed by atoms with Crippen LogP contribution < -0.4 is 15.8 Å². The van der Waals surface area contributed by atoms with Crippen LogP contribution >= 0.6 is 11.6 Å². The fourth-order valence-electron chi connectivity index (χ4n) is 1.50. The van der Waals surface area contributed by atoms with E-state index in [1.54, 1.807) is 25.7 Å². The first kappa shape index (κ1) is 12.4. The number of hydrogen-bond acceptors (Lipinski definition) is 5. The molecule has 94 valence electrons. The Morgan fingerprint density at radius 2 is 2.28 bits per heavy atom. The minimum atomic E-state index is 0.496. The summed E-state index contributed by atoms with van der Waals surface area (Å²) in [6.45, 7) is 0.576. The SMILES string of the molecule is COc1cc(CNc2c(N)cncc2Cl)ccn1. The van der Waals surface area contributed by atoms with Gasteiger partial charge in [-0.05, 0) is 11.6 Å². The zero-order valence-electron chi connectivity index (χ0n) is 9.85. The van der Waals surface area contributed by atoms with Crippen LogP contribution in [0.5, 0.6) is 5.88 Å². The van der Waals surface area contributed by atoms with E-state index in [0.29, 0.717) is 28.8 Å². The van der Waals surface area contributed by atoms with Crippen LogP contribution in [0.25, 0.3) is 0 Å². The van der Waals surface area contributed by atoms with Crippen LogP contribution in [0.2, 0.25) is 5.02 Å². The third-order valence-corrected chi connectivity index (χ3v) is 2.69. The van der Waals surface area contributed by atoms with Gasteiger partial charge in [0.1, 0.15) is 0 Å². The van der Waals surface area contributed by atoms with Gasteiger partial charge >= 0.3 is 0 Å². The maximum Gasteiger partial charge on any atom is 0.213 e. The van der Waals surface area contributed by atoms with E-state index < -0.39 is 0 Å². The molecule has 0 saturated carbocycles. The second-order valence-corrected chi connectivity index (χ2v) is 4.05. The van der Waals surface area contributed by atoms with E-state index in [0.717, 1.165) is 5.56 Å². The van der Waals surface area contributed by atoms with Crippen LogP contribution in [-0.2, 0) is 6.54 Å². The lowest BCUT2D eigenvalue weighted by molar-refractivity contribution is 0.397. The number of anilines is 2. The predicted octanol–water partition coefficient (Wildman–Crippen LogP) is 2.33. The molecule has 0 bridgehead atoms. The number of nitrogens with two attached hydrogens (primary N) is 1. The van der Waals surface area contributed by atoms with E-state index in [1.807, 2.05) is 12.1 Å². The van der Waals surface area contributed by atoms with Crippen molar-refractivity contribution in [1.82, 2.24) is 9.97 Å². The lowest BCUT2D eigenvalue weighted by atomic mass is 10.2. The molecule has 2 aromatic rings. The maximum absolute atomic E-state index is 6.01. The minimum Gasteiger partial charge on any atom is -0.481 e. The fourth-order valence-corrected chi connectivity index (χ4v) is 1.73. The highest BCUT2D eigenvalue weighted by Crippen LogP contribution is 2.27. The summed E-state index contributed by atoms with van der Waals surface area (Å²) >= 11 is 6.01. The van der Waals surface area contributed by atoms with Crippen molar-refractivity contribution in [1.29, 1.82) is 0 Å². The Hall–Kier alpha value is -2.01. The number of aromatic nitrogens is 2. The highest BCUT2D eigenvalue weighted by molar-refractivity contribution is 6.33. The van der Waals surface area contributed by atoms with E-state index in [1.165, 1.54) is 0 Å². The van der Waals surface area contributed by atoms with Crippen LogP contribution in [-0.4, -0.2) is 17.1 Å². The number of nitrogen functional groups attached to an aromatic ring is 1. The summed E-state index contributed by atoms with van der Waals surface area (Å²) in [5.41, 5.74) is 8.02. The Morgan fingerprint density at radius 3 is 3.00 bits per heavy atom. The van der Waals surface area contributed by atoms with Crippen LogP contribution in [0.1, 0.15) is 5.56 Å². The summed E-state index contributed by atoms with van der Waals surface area (Å²) in [6, 6.07) is 3.74. The van der Waals surface area contributed by atoms with E-state index in [4.69, 9.17) is 22.1 Å². The number of nitrogens with zero attached hydrogens (tertiary/aromatic N) is 2. The average molecular weight is 265 g/mol. The standard InChI is InChI=1S/C12H13ClN4O/c1-18-11-4-8(2-3-16-11)5-17-12-9(13)6-15-7-10(12)14/h2-4,6-7H,5,14H2,1H3,(H,15,17). The monoisotopic (exact) mass is 264 g/mol. The Kier molecular flexibility index (Phi) is 3.84. The van der Waals surface area contributed by atoms with Crippen molar-refractivity contribution in [3.8, 4) is 5.88 Å². The molecule has 0 aliphatic rings. The van der Waals surface area contributed by atoms with Crippen molar-refractivity contribution in [2.45, 2.75) is 6.54 Å². The van der Waals surface area contributed by atoms with Crippen molar-refractivity contribution >= 4 is 23.0 Å². The van der Waals surface area contributed by atoms with E-state index in [-0.39, 0.29) is 0 Å². The summed E-state index contributed by atoms with van der Waals surface area (Å²) in [6.07, 6.45) is 4.79. The molecule has 2 heterocycles. The van der Waals surface area contributed by atoms with Gasteiger partial charge in [-0.1, -0.05) is 11.6 Å². The summed E-state index contributed by atoms with van der Waals surface area (Å²) in [5.74, 6) is 0.572. The summed E-state index contributed by atoms with van der Waals surface area (Å²) in [4.78, 5) is 7.94. The molecule has 0 saturated heterocycles. The summed E-state index contributed by atoms with van der Waals surface area (Å²) in [7, 11) is 1.58. The molecule has 0 fully saturated rings. The van der Waals surface area contributed by atoms with E-state index >= 15 is 0 Å². The molecule has 0 spiro atoms. The van der Waals surface area contributed by atoms with Gasteiger partial charge in [0.25, 0.3) is 0 Å². The van der Waals surface area contributed by atoms with Gasteiger partial charge in [0.15, 0.2) is 0 Å². The normalized spacial score (nSPS) is 10.1. The minimum absolute atomic E-state index is 0.496. The largest absolute Gasteiger partial charge is 0.481 e. The zero-order valence-corrected chi connectivity index (χ0v) is 10.6. The molecular formula is C12H13ClN4O.